The number of hydrogen-bond acceptors (Lipinski definition) is 3. The topological polar surface area (TPSA) is 69.6 Å². The predicted molar refractivity (Wildman–Crippen MR) is 70.8 cm³/mol. The molecule has 2 rings (SSSR count). The molecule has 1 saturated carbocycles. The van der Waals surface area contributed by atoms with E-state index in [9.17, 15) is 9.59 Å². The molecule has 0 aromatic rings. The Morgan fingerprint density at radius 3 is 2.67 bits per heavy atom. The highest BCUT2D eigenvalue weighted by Gasteiger charge is 2.34. The number of carbonyl (C=O) groups excluding carboxylic acids is 1. The van der Waals surface area contributed by atoms with Gasteiger partial charge in [0.05, 0.1) is 6.42 Å². The van der Waals surface area contributed by atoms with Crippen molar-refractivity contribution in [1.82, 2.24) is 10.2 Å². The molecule has 5 nitrogen and oxygen atoms in total. The van der Waals surface area contributed by atoms with Crippen LogP contribution in [0.15, 0.2) is 0 Å². The fraction of sp³-hybridized carbons (Fsp3) is 0.833. The fourth-order valence-corrected chi connectivity index (χ4v) is 3.46. The van der Waals surface area contributed by atoms with Crippen molar-refractivity contribution in [3.8, 4) is 0 Å². The largest absolute Gasteiger partial charge is 0.481 e. The number of thioether (sulfide) groups is 1. The van der Waals surface area contributed by atoms with Crippen molar-refractivity contribution >= 4 is 23.8 Å². The molecule has 1 aliphatic carbocycles. The van der Waals surface area contributed by atoms with E-state index < -0.39 is 5.97 Å². The van der Waals surface area contributed by atoms with Gasteiger partial charge in [-0.1, -0.05) is 0 Å². The Balaban J connectivity index is 1.66. The highest BCUT2D eigenvalue weighted by atomic mass is 32.2. The quantitative estimate of drug-likeness (QED) is 0.811. The van der Waals surface area contributed by atoms with Gasteiger partial charge in [-0.3, -0.25) is 4.79 Å². The first-order valence-corrected chi connectivity index (χ1v) is 7.67. The summed E-state index contributed by atoms with van der Waals surface area (Å²) >= 11 is 1.87. The Labute approximate surface area is 111 Å². The normalized spacial score (nSPS) is 27.9. The van der Waals surface area contributed by atoms with E-state index in [1.807, 2.05) is 11.8 Å². The zero-order valence-corrected chi connectivity index (χ0v) is 11.4. The monoisotopic (exact) mass is 272 g/mol. The molecule has 1 aliphatic heterocycles. The Morgan fingerprint density at radius 1 is 1.39 bits per heavy atom. The number of nitrogens with zero attached hydrogens (tertiary/aromatic N) is 1. The summed E-state index contributed by atoms with van der Waals surface area (Å²) < 4.78 is 0. The summed E-state index contributed by atoms with van der Waals surface area (Å²) in [6.45, 7) is 1.16. The first kappa shape index (κ1) is 13.5. The van der Waals surface area contributed by atoms with E-state index in [1.165, 1.54) is 6.42 Å². The number of likely N-dealkylation sites (tertiary alicyclic amines) is 1. The predicted octanol–water partition coefficient (Wildman–Crippen LogP) is 1.39. The number of nitrogens with one attached hydrogen (secondary N) is 1. The second-order valence-corrected chi connectivity index (χ2v) is 6.32. The number of urea groups is 1. The summed E-state index contributed by atoms with van der Waals surface area (Å²) in [5.74, 6) is -0.644. The van der Waals surface area contributed by atoms with Crippen LogP contribution in [0.5, 0.6) is 0 Å². The minimum atomic E-state index is -0.779. The molecule has 18 heavy (non-hydrogen) atoms. The van der Waals surface area contributed by atoms with Crippen molar-refractivity contribution < 1.29 is 14.7 Å². The lowest BCUT2D eigenvalue weighted by Gasteiger charge is -2.39. The molecule has 2 amide bonds. The molecule has 2 aliphatic rings. The Bertz CT molecular complexity index is 331. The Hall–Kier alpha value is -0.910. The van der Waals surface area contributed by atoms with E-state index in [2.05, 4.69) is 11.6 Å². The van der Waals surface area contributed by atoms with E-state index in [-0.39, 0.29) is 18.4 Å². The summed E-state index contributed by atoms with van der Waals surface area (Å²) in [6.07, 6.45) is 5.57. The molecule has 6 heteroatoms. The molecule has 2 N–H and O–H groups in total. The zero-order chi connectivity index (χ0) is 13.1. The average Bonchev–Trinajstić information content (AvgIpc) is 2.70. The molecular weight excluding hydrogens is 252 g/mol. The van der Waals surface area contributed by atoms with Crippen LogP contribution in [0.2, 0.25) is 0 Å². The van der Waals surface area contributed by atoms with E-state index in [0.29, 0.717) is 24.4 Å². The van der Waals surface area contributed by atoms with Crippen molar-refractivity contribution in [3.63, 3.8) is 0 Å². The number of aliphatic carboxylic acids is 1. The van der Waals surface area contributed by atoms with Gasteiger partial charge in [0.2, 0.25) is 0 Å². The van der Waals surface area contributed by atoms with Crippen LogP contribution < -0.4 is 5.32 Å². The van der Waals surface area contributed by atoms with Gasteiger partial charge in [-0.05, 0) is 25.5 Å². The lowest BCUT2D eigenvalue weighted by atomic mass is 9.97. The van der Waals surface area contributed by atoms with Crippen molar-refractivity contribution in [2.24, 2.45) is 5.92 Å². The van der Waals surface area contributed by atoms with Gasteiger partial charge in [-0.15, -0.1) is 0 Å². The summed E-state index contributed by atoms with van der Waals surface area (Å²) in [5, 5.41) is 12.4. The molecule has 0 radical (unpaired) electrons. The molecule has 0 spiro atoms. The number of carbonyl (C=O) groups is 2. The van der Waals surface area contributed by atoms with Crippen LogP contribution in [-0.4, -0.2) is 52.6 Å². The highest BCUT2D eigenvalue weighted by molar-refractivity contribution is 7.99. The van der Waals surface area contributed by atoms with E-state index in [1.54, 1.807) is 4.90 Å². The molecule has 1 heterocycles. The van der Waals surface area contributed by atoms with Crippen LogP contribution in [-0.2, 0) is 4.79 Å². The second kappa shape index (κ2) is 5.82. The van der Waals surface area contributed by atoms with Crippen molar-refractivity contribution in [2.45, 2.75) is 37.0 Å². The number of rotatable bonds is 4. The van der Waals surface area contributed by atoms with Gasteiger partial charge in [-0.2, -0.15) is 11.8 Å². The van der Waals surface area contributed by atoms with Gasteiger partial charge in [0.15, 0.2) is 0 Å². The summed E-state index contributed by atoms with van der Waals surface area (Å²) in [6, 6.07) is 0.275. The van der Waals surface area contributed by atoms with Gasteiger partial charge < -0.3 is 15.3 Å². The minimum absolute atomic E-state index is 0.0246. The zero-order valence-electron chi connectivity index (χ0n) is 10.6. The molecule has 2 unspecified atom stereocenters. The van der Waals surface area contributed by atoms with Gasteiger partial charge in [-0.25, -0.2) is 4.79 Å². The maximum Gasteiger partial charge on any atom is 0.317 e. The van der Waals surface area contributed by atoms with Crippen molar-refractivity contribution in [3.05, 3.63) is 0 Å². The maximum absolute atomic E-state index is 11.9. The van der Waals surface area contributed by atoms with Gasteiger partial charge in [0.1, 0.15) is 0 Å². The van der Waals surface area contributed by atoms with Gasteiger partial charge in [0.25, 0.3) is 0 Å². The lowest BCUT2D eigenvalue weighted by Crippen LogP contribution is -2.55. The van der Waals surface area contributed by atoms with Crippen LogP contribution in [0.4, 0.5) is 4.79 Å². The molecule has 2 fully saturated rings. The molecule has 0 aromatic heterocycles. The number of amides is 2. The summed E-state index contributed by atoms with van der Waals surface area (Å²) in [7, 11) is 0. The maximum atomic E-state index is 11.9. The molecule has 0 bridgehead atoms. The summed E-state index contributed by atoms with van der Waals surface area (Å²) in [5.41, 5.74) is 0. The molecule has 102 valence electrons. The van der Waals surface area contributed by atoms with Gasteiger partial charge in [0, 0.05) is 30.3 Å². The second-order valence-electron chi connectivity index (χ2n) is 5.19. The summed E-state index contributed by atoms with van der Waals surface area (Å²) in [4.78, 5) is 24.1. The molecule has 2 atom stereocenters. The third kappa shape index (κ3) is 3.31. The number of hydrogen-bond donors (Lipinski definition) is 2. The van der Waals surface area contributed by atoms with Gasteiger partial charge >= 0.3 is 12.0 Å². The van der Waals surface area contributed by atoms with Crippen LogP contribution in [0.3, 0.4) is 0 Å². The highest BCUT2D eigenvalue weighted by Crippen LogP contribution is 2.28. The third-order valence-corrected chi connectivity index (χ3v) is 4.85. The minimum Gasteiger partial charge on any atom is -0.481 e. The van der Waals surface area contributed by atoms with E-state index >= 15 is 0 Å². The molecule has 0 aromatic carbocycles. The Kier molecular flexibility index (Phi) is 4.37. The Morgan fingerprint density at radius 2 is 2.11 bits per heavy atom. The van der Waals surface area contributed by atoms with Crippen LogP contribution in [0.25, 0.3) is 0 Å². The first-order valence-electron chi connectivity index (χ1n) is 6.38. The smallest absolute Gasteiger partial charge is 0.317 e. The fourth-order valence-electron chi connectivity index (χ4n) is 2.66. The SMILES string of the molecule is CSC1CCC(NC(=O)N2CC(CC(=O)O)C2)C1. The van der Waals surface area contributed by atoms with Crippen molar-refractivity contribution in [1.29, 1.82) is 0 Å². The van der Waals surface area contributed by atoms with Crippen LogP contribution >= 0.6 is 11.8 Å². The number of carboxylic acids is 1. The molecular formula is C12H20N2O3S. The first-order chi connectivity index (χ1) is 8.58. The van der Waals surface area contributed by atoms with E-state index in [4.69, 9.17) is 5.11 Å². The van der Waals surface area contributed by atoms with Crippen LogP contribution in [0.1, 0.15) is 25.7 Å². The third-order valence-electron chi connectivity index (χ3n) is 3.75. The van der Waals surface area contributed by atoms with Crippen molar-refractivity contribution in [2.75, 3.05) is 19.3 Å². The molecule has 1 saturated heterocycles. The number of carboxylic acid groups (broad SMARTS) is 1. The lowest BCUT2D eigenvalue weighted by molar-refractivity contribution is -0.139. The van der Waals surface area contributed by atoms with E-state index in [0.717, 1.165) is 12.8 Å². The standard InChI is InChI=1S/C12H20N2O3S/c1-18-10-3-2-9(5-10)13-12(17)14-6-8(7-14)4-11(15)16/h8-10H,2-7H2,1H3,(H,13,17)(H,15,16). The van der Waals surface area contributed by atoms with Crippen LogP contribution in [0, 0.1) is 5.92 Å². The average molecular weight is 272 g/mol.